The second kappa shape index (κ2) is 6.99. The summed E-state index contributed by atoms with van der Waals surface area (Å²) in [6.45, 7) is 3.58. The Labute approximate surface area is 155 Å². The van der Waals surface area contributed by atoms with Crippen molar-refractivity contribution in [2.75, 3.05) is 5.32 Å². The Balaban J connectivity index is 1.94. The van der Waals surface area contributed by atoms with Crippen molar-refractivity contribution in [1.29, 1.82) is 0 Å². The number of nitrogens with one attached hydrogen (secondary N) is 1. The van der Waals surface area contributed by atoms with Gasteiger partial charge in [0.1, 0.15) is 0 Å². The maximum atomic E-state index is 12.7. The Morgan fingerprint density at radius 1 is 1.19 bits per heavy atom. The van der Waals surface area contributed by atoms with Crippen molar-refractivity contribution < 1.29 is 13.2 Å². The average Bonchev–Trinajstić information content (AvgIpc) is 3.12. The van der Waals surface area contributed by atoms with Crippen molar-refractivity contribution in [3.63, 3.8) is 0 Å². The molecule has 0 unspecified atom stereocenters. The molecule has 1 aromatic heterocycles. The van der Waals surface area contributed by atoms with Gasteiger partial charge >= 0.3 is 0 Å². The van der Waals surface area contributed by atoms with Crippen LogP contribution in [0.15, 0.2) is 52.2 Å². The molecule has 1 amide bonds. The summed E-state index contributed by atoms with van der Waals surface area (Å²) in [5, 5.41) is 9.89. The summed E-state index contributed by atoms with van der Waals surface area (Å²) in [4.78, 5) is 16.9. The third-order valence-electron chi connectivity index (χ3n) is 4.07. The summed E-state index contributed by atoms with van der Waals surface area (Å²) >= 11 is 1.48. The number of aryl methyl sites for hydroxylation is 1. The van der Waals surface area contributed by atoms with E-state index in [0.717, 1.165) is 22.4 Å². The maximum Gasteiger partial charge on any atom is 0.255 e. The van der Waals surface area contributed by atoms with Crippen LogP contribution in [0.3, 0.4) is 0 Å². The van der Waals surface area contributed by atoms with Crippen LogP contribution in [-0.4, -0.2) is 19.3 Å². The molecule has 134 valence electrons. The van der Waals surface area contributed by atoms with Crippen LogP contribution in [0.25, 0.3) is 11.3 Å². The first kappa shape index (κ1) is 18.2. The van der Waals surface area contributed by atoms with Gasteiger partial charge in [-0.2, -0.15) is 0 Å². The first-order valence-corrected chi connectivity index (χ1v) is 10.2. The number of primary sulfonamides is 1. The number of amides is 1. The summed E-state index contributed by atoms with van der Waals surface area (Å²) in [6, 6.07) is 9.96. The Morgan fingerprint density at radius 2 is 1.96 bits per heavy atom. The summed E-state index contributed by atoms with van der Waals surface area (Å²) in [7, 11) is -3.86. The molecule has 0 atom stereocenters. The van der Waals surface area contributed by atoms with Crippen molar-refractivity contribution in [2.45, 2.75) is 18.7 Å². The van der Waals surface area contributed by atoms with Crippen molar-refractivity contribution >= 4 is 33.0 Å². The highest BCUT2D eigenvalue weighted by Crippen LogP contribution is 2.25. The van der Waals surface area contributed by atoms with E-state index in [1.165, 1.54) is 23.5 Å². The van der Waals surface area contributed by atoms with Crippen molar-refractivity contribution in [3.8, 4) is 11.3 Å². The number of nitrogens with zero attached hydrogens (tertiary/aromatic N) is 1. The standard InChI is InChI=1S/C18H17N3O3S2/c1-11-6-15(26(19,23)24)8-16(12(11)2)21-18(22)14-5-3-4-13(7-14)17-9-25-10-20-17/h3-10H,1-2H3,(H,21,22)(H2,19,23,24). The normalized spacial score (nSPS) is 11.3. The van der Waals surface area contributed by atoms with Crippen LogP contribution in [-0.2, 0) is 10.0 Å². The van der Waals surface area contributed by atoms with Gasteiger partial charge in [-0.25, -0.2) is 18.5 Å². The lowest BCUT2D eigenvalue weighted by Crippen LogP contribution is -2.16. The van der Waals surface area contributed by atoms with Gasteiger partial charge in [0.25, 0.3) is 5.91 Å². The zero-order chi connectivity index (χ0) is 18.9. The van der Waals surface area contributed by atoms with Gasteiger partial charge < -0.3 is 5.32 Å². The van der Waals surface area contributed by atoms with Crippen molar-refractivity contribution in [1.82, 2.24) is 4.98 Å². The van der Waals surface area contributed by atoms with E-state index in [-0.39, 0.29) is 10.8 Å². The maximum absolute atomic E-state index is 12.7. The van der Waals surface area contributed by atoms with Crippen molar-refractivity contribution in [3.05, 3.63) is 64.0 Å². The number of carbonyl (C=O) groups excluding carboxylic acids is 1. The van der Waals surface area contributed by atoms with Crippen LogP contribution in [0.1, 0.15) is 21.5 Å². The average molecular weight is 387 g/mol. The molecule has 0 saturated heterocycles. The predicted molar refractivity (Wildman–Crippen MR) is 103 cm³/mol. The van der Waals surface area contributed by atoms with Crippen LogP contribution >= 0.6 is 11.3 Å². The molecule has 0 aliphatic rings. The van der Waals surface area contributed by atoms with Gasteiger partial charge in [0, 0.05) is 22.2 Å². The molecule has 3 aromatic rings. The minimum absolute atomic E-state index is 0.0351. The number of anilines is 1. The highest BCUT2D eigenvalue weighted by Gasteiger charge is 2.15. The molecule has 0 spiro atoms. The van der Waals surface area contributed by atoms with Gasteiger partial charge in [0.05, 0.1) is 16.1 Å². The minimum atomic E-state index is -3.86. The zero-order valence-corrected chi connectivity index (χ0v) is 15.8. The molecule has 8 heteroatoms. The number of benzene rings is 2. The van der Waals surface area contributed by atoms with Gasteiger partial charge in [-0.15, -0.1) is 11.3 Å². The molecule has 0 radical (unpaired) electrons. The molecule has 6 nitrogen and oxygen atoms in total. The lowest BCUT2D eigenvalue weighted by Gasteiger charge is -2.13. The van der Waals surface area contributed by atoms with E-state index in [0.29, 0.717) is 11.3 Å². The van der Waals surface area contributed by atoms with Crippen molar-refractivity contribution in [2.24, 2.45) is 5.14 Å². The Hall–Kier alpha value is -2.55. The van der Waals surface area contributed by atoms with Crippen LogP contribution in [0.5, 0.6) is 0 Å². The molecule has 0 aliphatic carbocycles. The number of carbonyl (C=O) groups is 1. The minimum Gasteiger partial charge on any atom is -0.322 e. The zero-order valence-electron chi connectivity index (χ0n) is 14.2. The topological polar surface area (TPSA) is 102 Å². The van der Waals surface area contributed by atoms with Gasteiger partial charge in [-0.05, 0) is 49.2 Å². The molecular formula is C18H17N3O3S2. The van der Waals surface area contributed by atoms with Crippen LogP contribution in [0.4, 0.5) is 5.69 Å². The molecule has 1 heterocycles. The van der Waals surface area contributed by atoms with E-state index >= 15 is 0 Å². The third kappa shape index (κ3) is 3.82. The first-order valence-electron chi connectivity index (χ1n) is 7.70. The summed E-state index contributed by atoms with van der Waals surface area (Å²) in [6.07, 6.45) is 0. The van der Waals surface area contributed by atoms with Crippen LogP contribution in [0.2, 0.25) is 0 Å². The number of hydrogen-bond donors (Lipinski definition) is 2. The van der Waals surface area contributed by atoms with Gasteiger partial charge in [-0.1, -0.05) is 12.1 Å². The molecule has 26 heavy (non-hydrogen) atoms. The second-order valence-corrected chi connectivity index (χ2v) is 8.15. The van der Waals surface area contributed by atoms with Gasteiger partial charge in [0.15, 0.2) is 0 Å². The van der Waals surface area contributed by atoms with Gasteiger partial charge in [0.2, 0.25) is 10.0 Å². The Kier molecular flexibility index (Phi) is 4.90. The number of aromatic nitrogens is 1. The fraction of sp³-hybridized carbons (Fsp3) is 0.111. The molecule has 0 saturated carbocycles. The molecule has 2 aromatic carbocycles. The summed E-state index contributed by atoms with van der Waals surface area (Å²) in [5.41, 5.74) is 5.74. The molecule has 0 aliphatic heterocycles. The number of nitrogens with two attached hydrogens (primary N) is 1. The largest absolute Gasteiger partial charge is 0.322 e. The van der Waals surface area contributed by atoms with E-state index in [4.69, 9.17) is 5.14 Å². The highest BCUT2D eigenvalue weighted by molar-refractivity contribution is 7.89. The van der Waals surface area contributed by atoms with Crippen LogP contribution < -0.4 is 10.5 Å². The molecule has 3 rings (SSSR count). The van der Waals surface area contributed by atoms with Crippen LogP contribution in [0, 0.1) is 13.8 Å². The fourth-order valence-electron chi connectivity index (χ4n) is 2.49. The Morgan fingerprint density at radius 3 is 2.62 bits per heavy atom. The first-order chi connectivity index (χ1) is 12.3. The smallest absolute Gasteiger partial charge is 0.255 e. The molecule has 3 N–H and O–H groups in total. The number of hydrogen-bond acceptors (Lipinski definition) is 5. The monoisotopic (exact) mass is 387 g/mol. The van der Waals surface area contributed by atoms with E-state index in [1.807, 2.05) is 18.4 Å². The predicted octanol–water partition coefficient (Wildman–Crippen LogP) is 3.33. The lowest BCUT2D eigenvalue weighted by atomic mass is 10.1. The Bertz CT molecular complexity index is 1080. The van der Waals surface area contributed by atoms with E-state index in [2.05, 4.69) is 10.3 Å². The second-order valence-electron chi connectivity index (χ2n) is 5.87. The summed E-state index contributed by atoms with van der Waals surface area (Å²) < 4.78 is 23.3. The fourth-order valence-corrected chi connectivity index (χ4v) is 3.67. The number of rotatable bonds is 4. The lowest BCUT2D eigenvalue weighted by molar-refractivity contribution is 0.102. The molecular weight excluding hydrogens is 370 g/mol. The number of sulfonamides is 1. The molecule has 0 bridgehead atoms. The van der Waals surface area contributed by atoms with E-state index < -0.39 is 10.0 Å². The van der Waals surface area contributed by atoms with E-state index in [9.17, 15) is 13.2 Å². The highest BCUT2D eigenvalue weighted by atomic mass is 32.2. The van der Waals surface area contributed by atoms with E-state index in [1.54, 1.807) is 30.6 Å². The number of thiazole rings is 1. The third-order valence-corrected chi connectivity index (χ3v) is 5.55. The quantitative estimate of drug-likeness (QED) is 0.717. The van der Waals surface area contributed by atoms with Gasteiger partial charge in [-0.3, -0.25) is 4.79 Å². The SMILES string of the molecule is Cc1cc(S(N)(=O)=O)cc(NC(=O)c2cccc(-c3cscn3)c2)c1C. The summed E-state index contributed by atoms with van der Waals surface area (Å²) in [5.74, 6) is -0.337. The molecule has 0 fully saturated rings.